The van der Waals surface area contributed by atoms with Crippen molar-refractivity contribution in [3.05, 3.63) is 11.6 Å². The number of carboxylic acids is 1. The second kappa shape index (κ2) is 11.0. The van der Waals surface area contributed by atoms with E-state index in [-0.39, 0.29) is 41.8 Å². The molecule has 4 aliphatic rings. The third-order valence-corrected chi connectivity index (χ3v) is 10.5. The second-order valence-electron chi connectivity index (χ2n) is 12.7. The fraction of sp³-hybridized carbons (Fsp3) is 0.759. The molecule has 9 atom stereocenters. The predicted molar refractivity (Wildman–Crippen MR) is 137 cm³/mol. The lowest BCUT2D eigenvalue weighted by Gasteiger charge is -2.60. The molecular weight excluding hydrogens is 522 g/mol. The lowest BCUT2D eigenvalue weighted by atomic mass is 9.45. The standard InChI is InChI=1S/C29H41NO10/c1-15(31)25(26(37)38)30-22(35)6-7-23(36)40-14-21(34)29(39)11-9-19-18-5-4-16-12-17(32)8-10-27(16,2)24(18)20(33)13-28(19,29)3/h12,15,18-20,24-25,31,33,39H,4-11,13-14H2,1-3H3,(H,30,35)(H,37,38)/p-1/t15-,18-,19-,20+,24+,25-,27-,28-,29+/m0/s1. The predicted octanol–water partition coefficient (Wildman–Crippen LogP) is -0.272. The van der Waals surface area contributed by atoms with Gasteiger partial charge in [0.2, 0.25) is 11.7 Å². The van der Waals surface area contributed by atoms with Crippen molar-refractivity contribution in [2.24, 2.45) is 28.6 Å². The largest absolute Gasteiger partial charge is 0.548 e. The summed E-state index contributed by atoms with van der Waals surface area (Å²) in [6, 6.07) is -1.63. The zero-order chi connectivity index (χ0) is 29.6. The number of aliphatic hydroxyl groups is 3. The Kier molecular flexibility index (Phi) is 8.33. The first-order chi connectivity index (χ1) is 18.6. The van der Waals surface area contributed by atoms with E-state index in [1.165, 1.54) is 6.92 Å². The van der Waals surface area contributed by atoms with Gasteiger partial charge in [-0.15, -0.1) is 0 Å². The Balaban J connectivity index is 1.38. The van der Waals surface area contributed by atoms with E-state index in [1.54, 1.807) is 6.08 Å². The van der Waals surface area contributed by atoms with Crippen LogP contribution in [0.2, 0.25) is 0 Å². The Labute approximate surface area is 233 Å². The molecule has 3 fully saturated rings. The number of ketones is 2. The van der Waals surface area contributed by atoms with Crippen LogP contribution in [0.3, 0.4) is 0 Å². The van der Waals surface area contributed by atoms with E-state index < -0.39 is 72.3 Å². The first kappa shape index (κ1) is 30.3. The fourth-order valence-corrected chi connectivity index (χ4v) is 8.33. The zero-order valence-corrected chi connectivity index (χ0v) is 23.3. The monoisotopic (exact) mass is 562 g/mol. The molecule has 0 spiro atoms. The summed E-state index contributed by atoms with van der Waals surface area (Å²) in [5.41, 5.74) is -1.90. The zero-order valence-electron chi connectivity index (χ0n) is 23.3. The van der Waals surface area contributed by atoms with Gasteiger partial charge in [0.1, 0.15) is 5.60 Å². The number of hydrogen-bond donors (Lipinski definition) is 4. The molecule has 11 nitrogen and oxygen atoms in total. The number of aliphatic hydroxyl groups excluding tert-OH is 2. The molecule has 3 saturated carbocycles. The summed E-state index contributed by atoms with van der Waals surface area (Å²) in [7, 11) is 0. The van der Waals surface area contributed by atoms with E-state index in [4.69, 9.17) is 4.74 Å². The SMILES string of the molecule is C[C@H](O)[C@H](NC(=O)CCC(=O)OCC(=O)[C@]1(O)CC[C@H]2[C@@H]3CCC4=CC(=O)CC[C@]4(C)[C@H]3[C@H](O)C[C@@]21C)C(=O)[O-]. The van der Waals surface area contributed by atoms with Crippen LogP contribution < -0.4 is 10.4 Å². The molecule has 0 unspecified atom stereocenters. The summed E-state index contributed by atoms with van der Waals surface area (Å²) in [5, 5.41) is 45.7. The Morgan fingerprint density at radius 1 is 1.15 bits per heavy atom. The maximum Gasteiger partial charge on any atom is 0.306 e. The van der Waals surface area contributed by atoms with Crippen molar-refractivity contribution in [3.8, 4) is 0 Å². The topological polar surface area (TPSA) is 190 Å². The van der Waals surface area contributed by atoms with Crippen molar-refractivity contribution in [1.29, 1.82) is 0 Å². The molecular formula is C29H40NO10-. The number of ether oxygens (including phenoxy) is 1. The van der Waals surface area contributed by atoms with Crippen LogP contribution in [0.25, 0.3) is 0 Å². The van der Waals surface area contributed by atoms with Crippen molar-refractivity contribution < 1.29 is 49.1 Å². The molecule has 222 valence electrons. The Morgan fingerprint density at radius 2 is 1.85 bits per heavy atom. The maximum atomic E-state index is 13.3. The highest BCUT2D eigenvalue weighted by Gasteiger charge is 2.68. The molecule has 4 N–H and O–H groups in total. The van der Waals surface area contributed by atoms with Crippen LogP contribution in [0.1, 0.15) is 78.6 Å². The Morgan fingerprint density at radius 3 is 2.50 bits per heavy atom. The molecule has 0 saturated heterocycles. The number of amides is 1. The minimum atomic E-state index is -1.79. The molecule has 1 amide bonds. The Hall–Kier alpha value is -2.63. The van der Waals surface area contributed by atoms with Crippen molar-refractivity contribution in [2.45, 2.75) is 102 Å². The smallest absolute Gasteiger partial charge is 0.306 e. The van der Waals surface area contributed by atoms with Crippen LogP contribution in [-0.4, -0.2) is 75.2 Å². The van der Waals surface area contributed by atoms with Gasteiger partial charge >= 0.3 is 5.97 Å². The van der Waals surface area contributed by atoms with Gasteiger partial charge in [-0.1, -0.05) is 19.4 Å². The number of carbonyl (C=O) groups is 5. The van der Waals surface area contributed by atoms with E-state index in [0.717, 1.165) is 18.4 Å². The third kappa shape index (κ3) is 5.12. The van der Waals surface area contributed by atoms with Gasteiger partial charge in [0.25, 0.3) is 0 Å². The minimum Gasteiger partial charge on any atom is -0.548 e. The number of carbonyl (C=O) groups excluding carboxylic acids is 5. The quantitative estimate of drug-likeness (QED) is 0.272. The highest BCUT2D eigenvalue weighted by Crippen LogP contribution is 2.67. The van der Waals surface area contributed by atoms with E-state index in [1.807, 2.05) is 6.92 Å². The molecule has 0 bridgehead atoms. The van der Waals surface area contributed by atoms with Crippen LogP contribution in [-0.2, 0) is 28.7 Å². The average Bonchev–Trinajstić information content (AvgIpc) is 3.15. The normalized spacial score (nSPS) is 38.1. The van der Waals surface area contributed by atoms with E-state index in [9.17, 15) is 44.4 Å². The van der Waals surface area contributed by atoms with Crippen LogP contribution >= 0.6 is 0 Å². The van der Waals surface area contributed by atoms with Gasteiger partial charge in [-0.05, 0) is 74.7 Å². The molecule has 11 heteroatoms. The number of Topliss-reactive ketones (excluding diaryl/α,β-unsaturated/α-hetero) is 1. The molecule has 40 heavy (non-hydrogen) atoms. The van der Waals surface area contributed by atoms with Crippen LogP contribution in [0, 0.1) is 28.6 Å². The highest BCUT2D eigenvalue weighted by atomic mass is 16.5. The van der Waals surface area contributed by atoms with Crippen LogP contribution in [0.15, 0.2) is 11.6 Å². The van der Waals surface area contributed by atoms with Gasteiger partial charge in [-0.2, -0.15) is 0 Å². The lowest BCUT2D eigenvalue weighted by Crippen LogP contribution is -2.62. The second-order valence-corrected chi connectivity index (χ2v) is 12.7. The molecule has 0 aromatic rings. The van der Waals surface area contributed by atoms with Gasteiger partial charge in [0, 0.05) is 18.3 Å². The fourth-order valence-electron chi connectivity index (χ4n) is 8.33. The number of esters is 1. The van der Waals surface area contributed by atoms with Crippen molar-refractivity contribution >= 4 is 29.4 Å². The number of nitrogens with one attached hydrogen (secondary N) is 1. The molecule has 4 rings (SSSR count). The number of aliphatic carboxylic acids is 1. The summed E-state index contributed by atoms with van der Waals surface area (Å²) in [5.74, 6) is -3.88. The molecule has 0 heterocycles. The van der Waals surface area contributed by atoms with Crippen LogP contribution in [0.4, 0.5) is 0 Å². The minimum absolute atomic E-state index is 0.0177. The number of fused-ring (bicyclic) bond motifs is 5. The highest BCUT2D eigenvalue weighted by molar-refractivity contribution is 5.92. The number of carboxylic acid groups (broad SMARTS) is 1. The van der Waals surface area contributed by atoms with Crippen molar-refractivity contribution in [3.63, 3.8) is 0 Å². The Bertz CT molecular complexity index is 1120. The van der Waals surface area contributed by atoms with E-state index in [0.29, 0.717) is 19.3 Å². The van der Waals surface area contributed by atoms with Gasteiger partial charge in [0.15, 0.2) is 12.4 Å². The third-order valence-electron chi connectivity index (χ3n) is 10.5. The van der Waals surface area contributed by atoms with Crippen molar-refractivity contribution in [2.75, 3.05) is 6.61 Å². The summed E-state index contributed by atoms with van der Waals surface area (Å²) >= 11 is 0. The number of rotatable bonds is 9. The first-order valence-electron chi connectivity index (χ1n) is 14.2. The molecule has 0 radical (unpaired) electrons. The molecule has 4 aliphatic carbocycles. The van der Waals surface area contributed by atoms with Gasteiger partial charge in [-0.25, -0.2) is 0 Å². The maximum absolute atomic E-state index is 13.3. The first-order valence-corrected chi connectivity index (χ1v) is 14.2. The van der Waals surface area contributed by atoms with Gasteiger partial charge in [-0.3, -0.25) is 19.2 Å². The van der Waals surface area contributed by atoms with Crippen molar-refractivity contribution in [1.82, 2.24) is 5.32 Å². The molecule has 0 aliphatic heterocycles. The van der Waals surface area contributed by atoms with Gasteiger partial charge < -0.3 is 35.3 Å². The number of allylic oxidation sites excluding steroid dienone is 1. The van der Waals surface area contributed by atoms with E-state index >= 15 is 0 Å². The summed E-state index contributed by atoms with van der Waals surface area (Å²) < 4.78 is 5.08. The summed E-state index contributed by atoms with van der Waals surface area (Å²) in [4.78, 5) is 60.6. The summed E-state index contributed by atoms with van der Waals surface area (Å²) in [6.45, 7) is 4.45. The summed E-state index contributed by atoms with van der Waals surface area (Å²) in [6.07, 6.45) is 2.38. The van der Waals surface area contributed by atoms with E-state index in [2.05, 4.69) is 12.2 Å². The van der Waals surface area contributed by atoms with Gasteiger partial charge in [0.05, 0.1) is 30.6 Å². The molecule has 0 aromatic carbocycles. The molecule has 0 aromatic heterocycles. The lowest BCUT2D eigenvalue weighted by molar-refractivity contribution is -0.310. The average molecular weight is 563 g/mol. The van der Waals surface area contributed by atoms with Crippen LogP contribution in [0.5, 0.6) is 0 Å². The number of hydrogen-bond acceptors (Lipinski definition) is 10.